The standard InChI is InChI=1S/C36H40Cl2N6O5/c1-21-31(32-28(38)13-11-26-27(12-14-30(45)48-5)34(36(46)49-6)41(2)33(26)32)35-29(15-16-44(35)39-21)43(19-22-7-9-25(47-4)10-8-22)20-23-17-24(18-37)42(3)40-23/h7-11,13,17,29H,12,14-16,18-20H2,1-6H3/t29-/m1/s1. The molecular formula is C36H40Cl2N6O5. The predicted molar refractivity (Wildman–Crippen MR) is 188 cm³/mol. The first-order valence-corrected chi connectivity index (χ1v) is 17.0. The number of esters is 2. The number of ether oxygens (including phenoxy) is 3. The highest BCUT2D eigenvalue weighted by Crippen LogP contribution is 2.47. The van der Waals surface area contributed by atoms with Crippen LogP contribution in [0.5, 0.6) is 5.75 Å². The van der Waals surface area contributed by atoms with Gasteiger partial charge < -0.3 is 18.8 Å². The van der Waals surface area contributed by atoms with Gasteiger partial charge >= 0.3 is 11.9 Å². The molecule has 49 heavy (non-hydrogen) atoms. The van der Waals surface area contributed by atoms with Gasteiger partial charge in [0.25, 0.3) is 0 Å². The van der Waals surface area contributed by atoms with Crippen molar-refractivity contribution in [2.24, 2.45) is 14.1 Å². The Morgan fingerprint density at radius 1 is 1.00 bits per heavy atom. The average Bonchev–Trinajstić information content (AvgIpc) is 3.83. The summed E-state index contributed by atoms with van der Waals surface area (Å²) < 4.78 is 21.3. The Bertz CT molecular complexity index is 2030. The Balaban J connectivity index is 1.51. The van der Waals surface area contributed by atoms with Crippen LogP contribution in [-0.2, 0) is 60.3 Å². The topological polar surface area (TPSA) is 106 Å². The highest BCUT2D eigenvalue weighted by Gasteiger charge is 2.36. The van der Waals surface area contributed by atoms with Crippen molar-refractivity contribution in [2.45, 2.75) is 57.7 Å². The Morgan fingerprint density at radius 2 is 1.76 bits per heavy atom. The predicted octanol–water partition coefficient (Wildman–Crippen LogP) is 6.52. The van der Waals surface area contributed by atoms with E-state index in [9.17, 15) is 9.59 Å². The highest BCUT2D eigenvalue weighted by atomic mass is 35.5. The molecule has 0 fully saturated rings. The van der Waals surface area contributed by atoms with Gasteiger partial charge in [-0.1, -0.05) is 29.8 Å². The Hall–Kier alpha value is -4.32. The number of halogens is 2. The zero-order valence-corrected chi connectivity index (χ0v) is 30.1. The summed E-state index contributed by atoms with van der Waals surface area (Å²) in [5.41, 5.74) is 8.44. The molecule has 2 aromatic carbocycles. The van der Waals surface area contributed by atoms with Gasteiger partial charge in [0, 0.05) is 56.7 Å². The summed E-state index contributed by atoms with van der Waals surface area (Å²) in [6.07, 6.45) is 1.24. The minimum absolute atomic E-state index is 0.0368. The van der Waals surface area contributed by atoms with Crippen molar-refractivity contribution >= 4 is 46.0 Å². The molecule has 258 valence electrons. The van der Waals surface area contributed by atoms with Gasteiger partial charge in [0.1, 0.15) is 11.4 Å². The summed E-state index contributed by atoms with van der Waals surface area (Å²) in [4.78, 5) is 27.8. The first-order valence-electron chi connectivity index (χ1n) is 16.1. The van der Waals surface area contributed by atoms with E-state index in [4.69, 9.17) is 47.6 Å². The van der Waals surface area contributed by atoms with Crippen molar-refractivity contribution in [3.63, 3.8) is 0 Å². The lowest BCUT2D eigenvalue weighted by molar-refractivity contribution is -0.140. The number of aromatic nitrogens is 5. The Morgan fingerprint density at radius 3 is 2.41 bits per heavy atom. The molecule has 11 nitrogen and oxygen atoms in total. The second-order valence-corrected chi connectivity index (χ2v) is 13.0. The van der Waals surface area contributed by atoms with Crippen molar-refractivity contribution in [1.29, 1.82) is 0 Å². The second kappa shape index (κ2) is 14.3. The van der Waals surface area contributed by atoms with Gasteiger partial charge in [-0.05, 0) is 55.2 Å². The van der Waals surface area contributed by atoms with Crippen LogP contribution in [0, 0.1) is 6.92 Å². The van der Waals surface area contributed by atoms with Crippen molar-refractivity contribution in [2.75, 3.05) is 21.3 Å². The Kier molecular flexibility index (Phi) is 10.1. The molecule has 0 aliphatic carbocycles. The van der Waals surface area contributed by atoms with Crippen LogP contribution in [-0.4, -0.2) is 62.3 Å². The van der Waals surface area contributed by atoms with Gasteiger partial charge in [-0.25, -0.2) is 4.79 Å². The average molecular weight is 708 g/mol. The molecule has 0 spiro atoms. The maximum atomic E-state index is 13.2. The van der Waals surface area contributed by atoms with Crippen LogP contribution in [0.25, 0.3) is 22.0 Å². The summed E-state index contributed by atoms with van der Waals surface area (Å²) >= 11 is 13.3. The molecule has 3 aromatic heterocycles. The maximum Gasteiger partial charge on any atom is 0.354 e. The zero-order valence-electron chi connectivity index (χ0n) is 28.5. The van der Waals surface area contributed by atoms with E-state index < -0.39 is 5.97 Å². The second-order valence-electron chi connectivity index (χ2n) is 12.3. The van der Waals surface area contributed by atoms with Crippen molar-refractivity contribution in [3.8, 4) is 16.9 Å². The molecule has 0 bridgehead atoms. The highest BCUT2D eigenvalue weighted by molar-refractivity contribution is 6.35. The minimum atomic E-state index is -0.493. The number of benzene rings is 2. The lowest BCUT2D eigenvalue weighted by Crippen LogP contribution is -2.27. The lowest BCUT2D eigenvalue weighted by Gasteiger charge is -2.29. The van der Waals surface area contributed by atoms with E-state index >= 15 is 0 Å². The normalized spacial score (nSPS) is 14.1. The van der Waals surface area contributed by atoms with Crippen LogP contribution in [0.2, 0.25) is 5.02 Å². The van der Waals surface area contributed by atoms with E-state index in [2.05, 4.69) is 27.8 Å². The van der Waals surface area contributed by atoms with Crippen LogP contribution >= 0.6 is 23.2 Å². The number of alkyl halides is 1. The third-order valence-corrected chi connectivity index (χ3v) is 10.0. The zero-order chi connectivity index (χ0) is 35.0. The van der Waals surface area contributed by atoms with Gasteiger partial charge in [0.05, 0.1) is 66.6 Å². The van der Waals surface area contributed by atoms with Crippen molar-refractivity contribution in [1.82, 2.24) is 29.0 Å². The SMILES string of the molecule is COC(=O)CCc1c(C(=O)OC)n(C)c2c(-c3c(C)nn4c3[C@H](N(Cc3ccc(OC)cc3)Cc3cc(CCl)n(C)n3)CC4)c(Cl)ccc12. The molecule has 0 saturated carbocycles. The third-order valence-electron chi connectivity index (χ3n) is 9.46. The number of hydrogen-bond acceptors (Lipinski definition) is 8. The molecule has 1 aliphatic heterocycles. The fraction of sp³-hybridized carbons (Fsp3) is 0.389. The number of nitrogens with zero attached hydrogens (tertiary/aromatic N) is 6. The van der Waals surface area contributed by atoms with Crippen LogP contribution in [0.15, 0.2) is 42.5 Å². The molecule has 0 unspecified atom stereocenters. The molecule has 6 rings (SSSR count). The number of hydrogen-bond donors (Lipinski definition) is 0. The van der Waals surface area contributed by atoms with Gasteiger partial charge in [0.2, 0.25) is 0 Å². The summed E-state index contributed by atoms with van der Waals surface area (Å²) in [6, 6.07) is 13.9. The smallest absolute Gasteiger partial charge is 0.354 e. The quantitative estimate of drug-likeness (QED) is 0.107. The fourth-order valence-electron chi connectivity index (χ4n) is 7.15. The number of aryl methyl sites for hydroxylation is 5. The van der Waals surface area contributed by atoms with E-state index in [1.807, 2.05) is 54.5 Å². The first kappa shape index (κ1) is 34.5. The lowest BCUT2D eigenvalue weighted by atomic mass is 9.95. The molecule has 0 amide bonds. The van der Waals surface area contributed by atoms with Gasteiger partial charge in [-0.15, -0.1) is 11.6 Å². The third kappa shape index (κ3) is 6.42. The monoisotopic (exact) mass is 706 g/mol. The number of fused-ring (bicyclic) bond motifs is 2. The largest absolute Gasteiger partial charge is 0.497 e. The van der Waals surface area contributed by atoms with E-state index in [0.29, 0.717) is 41.7 Å². The van der Waals surface area contributed by atoms with Crippen LogP contribution in [0.3, 0.4) is 0 Å². The minimum Gasteiger partial charge on any atom is -0.497 e. The van der Waals surface area contributed by atoms with E-state index in [0.717, 1.165) is 69.1 Å². The molecule has 13 heteroatoms. The summed E-state index contributed by atoms with van der Waals surface area (Å²) in [5.74, 6) is 0.313. The molecule has 1 aliphatic rings. The summed E-state index contributed by atoms with van der Waals surface area (Å²) in [7, 11) is 8.11. The number of rotatable bonds is 12. The van der Waals surface area contributed by atoms with Crippen LogP contribution < -0.4 is 4.74 Å². The Labute approximate surface area is 295 Å². The first-order chi connectivity index (χ1) is 23.6. The van der Waals surface area contributed by atoms with Gasteiger partial charge in [-0.3, -0.25) is 19.1 Å². The maximum absolute atomic E-state index is 13.2. The number of carbonyl (C=O) groups is 2. The van der Waals surface area contributed by atoms with Crippen molar-refractivity contribution < 1.29 is 23.8 Å². The van der Waals surface area contributed by atoms with Crippen molar-refractivity contribution in [3.05, 3.63) is 87.1 Å². The van der Waals surface area contributed by atoms with Crippen LogP contribution in [0.4, 0.5) is 0 Å². The molecular weight excluding hydrogens is 667 g/mol. The van der Waals surface area contributed by atoms with E-state index in [1.54, 1.807) is 7.11 Å². The number of carbonyl (C=O) groups excluding carboxylic acids is 2. The molecule has 5 aromatic rings. The summed E-state index contributed by atoms with van der Waals surface area (Å²) in [5, 5.41) is 11.2. The molecule has 0 saturated heterocycles. The van der Waals surface area contributed by atoms with E-state index in [-0.39, 0.29) is 18.4 Å². The molecule has 0 radical (unpaired) electrons. The molecule has 4 heterocycles. The number of methoxy groups -OCH3 is 3. The molecule has 1 atom stereocenters. The van der Waals surface area contributed by atoms with E-state index in [1.165, 1.54) is 14.2 Å². The van der Waals surface area contributed by atoms with Gasteiger partial charge in [-0.2, -0.15) is 10.2 Å². The summed E-state index contributed by atoms with van der Waals surface area (Å²) in [6.45, 7) is 3.96. The van der Waals surface area contributed by atoms with Gasteiger partial charge in [0.15, 0.2) is 0 Å². The molecule has 0 N–H and O–H groups in total. The van der Waals surface area contributed by atoms with Crippen LogP contribution in [0.1, 0.15) is 63.3 Å². The fourth-order valence-corrected chi connectivity index (χ4v) is 7.65.